The van der Waals surface area contributed by atoms with Crippen molar-refractivity contribution < 1.29 is 14.3 Å². The zero-order valence-electron chi connectivity index (χ0n) is 19.1. The van der Waals surface area contributed by atoms with Crippen molar-refractivity contribution >= 4 is 22.6 Å². The first-order valence-corrected chi connectivity index (χ1v) is 11.0. The van der Waals surface area contributed by atoms with Gasteiger partial charge in [-0.15, -0.1) is 0 Å². The highest BCUT2D eigenvalue weighted by Crippen LogP contribution is 2.35. The van der Waals surface area contributed by atoms with Gasteiger partial charge in [-0.1, -0.05) is 38.1 Å². The number of fused-ring (bicyclic) bond motifs is 1. The van der Waals surface area contributed by atoms with Gasteiger partial charge in [0.05, 0.1) is 26.2 Å². The number of nitrogens with zero attached hydrogens (tertiary/aromatic N) is 3. The van der Waals surface area contributed by atoms with Crippen molar-refractivity contribution in [3.8, 4) is 11.5 Å². The number of benzene rings is 2. The van der Waals surface area contributed by atoms with Gasteiger partial charge in [0.25, 0.3) is 0 Å². The fourth-order valence-corrected chi connectivity index (χ4v) is 4.18. The van der Waals surface area contributed by atoms with E-state index in [1.165, 1.54) is 5.56 Å². The van der Waals surface area contributed by atoms with Gasteiger partial charge in [0.2, 0.25) is 5.91 Å². The van der Waals surface area contributed by atoms with Gasteiger partial charge in [0.1, 0.15) is 12.1 Å². The number of hydrogen-bond donors (Lipinski definition) is 1. The van der Waals surface area contributed by atoms with Crippen LogP contribution in [0, 0.1) is 0 Å². The van der Waals surface area contributed by atoms with Crippen LogP contribution in [0.3, 0.4) is 0 Å². The molecular weight excluding hydrogens is 404 g/mol. The predicted molar refractivity (Wildman–Crippen MR) is 126 cm³/mol. The highest BCUT2D eigenvalue weighted by molar-refractivity contribution is 5.92. The summed E-state index contributed by atoms with van der Waals surface area (Å²) in [4.78, 5) is 23.7. The second-order valence-corrected chi connectivity index (χ2v) is 8.49. The molecule has 0 radical (unpaired) electrons. The number of carbonyl (C=O) groups excluding carboxylic acids is 1. The molecule has 4 rings (SSSR count). The molecule has 0 saturated carbocycles. The summed E-state index contributed by atoms with van der Waals surface area (Å²) in [6, 6.07) is 12.2. The van der Waals surface area contributed by atoms with Crippen LogP contribution in [0.1, 0.15) is 37.3 Å². The van der Waals surface area contributed by atoms with E-state index in [-0.39, 0.29) is 11.9 Å². The Kier molecular flexibility index (Phi) is 6.44. The summed E-state index contributed by atoms with van der Waals surface area (Å²) in [5.41, 5.74) is 3.11. The number of nitrogens with one attached hydrogen (secondary N) is 1. The van der Waals surface area contributed by atoms with Crippen molar-refractivity contribution in [2.45, 2.75) is 38.6 Å². The SMILES string of the molecule is COc1cc2ncnc(N3CCC(NC(=O)Cc4ccc(C(C)C)cc4)C3)c2cc1OC. The second-order valence-electron chi connectivity index (χ2n) is 8.49. The topological polar surface area (TPSA) is 76.6 Å². The molecule has 1 aromatic heterocycles. The minimum atomic E-state index is 0.0492. The fraction of sp³-hybridized carbons (Fsp3) is 0.400. The number of rotatable bonds is 7. The monoisotopic (exact) mass is 434 g/mol. The third-order valence-corrected chi connectivity index (χ3v) is 5.98. The summed E-state index contributed by atoms with van der Waals surface area (Å²) in [5, 5.41) is 4.09. The molecule has 7 nitrogen and oxygen atoms in total. The molecule has 1 amide bonds. The molecule has 1 aliphatic rings. The third-order valence-electron chi connectivity index (χ3n) is 5.98. The molecule has 2 aromatic carbocycles. The molecular formula is C25H30N4O3. The summed E-state index contributed by atoms with van der Waals surface area (Å²) in [5.74, 6) is 2.66. The highest BCUT2D eigenvalue weighted by atomic mass is 16.5. The maximum atomic E-state index is 12.6. The Hall–Kier alpha value is -3.35. The normalized spacial score (nSPS) is 15.9. The van der Waals surface area contributed by atoms with Crippen LogP contribution in [0.2, 0.25) is 0 Å². The Bertz CT molecular complexity index is 1100. The van der Waals surface area contributed by atoms with E-state index in [2.05, 4.69) is 46.2 Å². The van der Waals surface area contributed by atoms with Gasteiger partial charge in [-0.05, 0) is 29.5 Å². The van der Waals surface area contributed by atoms with E-state index in [1.54, 1.807) is 20.5 Å². The van der Waals surface area contributed by atoms with Crippen molar-refractivity contribution in [2.24, 2.45) is 0 Å². The lowest BCUT2D eigenvalue weighted by Crippen LogP contribution is -2.38. The van der Waals surface area contributed by atoms with Gasteiger partial charge >= 0.3 is 0 Å². The van der Waals surface area contributed by atoms with Crippen molar-refractivity contribution in [2.75, 3.05) is 32.2 Å². The minimum absolute atomic E-state index is 0.0492. The molecule has 2 heterocycles. The lowest BCUT2D eigenvalue weighted by molar-refractivity contribution is -0.121. The first-order chi connectivity index (χ1) is 15.5. The van der Waals surface area contributed by atoms with Gasteiger partial charge in [-0.3, -0.25) is 4.79 Å². The van der Waals surface area contributed by atoms with Crippen LogP contribution in [0.15, 0.2) is 42.7 Å². The molecule has 1 N–H and O–H groups in total. The second kappa shape index (κ2) is 9.42. The van der Waals surface area contributed by atoms with Crippen LogP contribution < -0.4 is 19.7 Å². The Morgan fingerprint density at radius 1 is 1.12 bits per heavy atom. The molecule has 0 aliphatic carbocycles. The summed E-state index contributed by atoms with van der Waals surface area (Å²) in [6.07, 6.45) is 2.83. The van der Waals surface area contributed by atoms with Crippen LogP contribution in [0.5, 0.6) is 11.5 Å². The fourth-order valence-electron chi connectivity index (χ4n) is 4.18. The van der Waals surface area contributed by atoms with Crippen LogP contribution in [-0.4, -0.2) is 49.2 Å². The minimum Gasteiger partial charge on any atom is -0.493 e. The van der Waals surface area contributed by atoms with E-state index < -0.39 is 0 Å². The number of amides is 1. The lowest BCUT2D eigenvalue weighted by Gasteiger charge is -2.20. The van der Waals surface area contributed by atoms with Crippen LogP contribution in [-0.2, 0) is 11.2 Å². The van der Waals surface area contributed by atoms with Crippen LogP contribution in [0.4, 0.5) is 5.82 Å². The summed E-state index contributed by atoms with van der Waals surface area (Å²) < 4.78 is 10.8. The summed E-state index contributed by atoms with van der Waals surface area (Å²) in [7, 11) is 3.23. The molecule has 1 unspecified atom stereocenters. The molecule has 168 valence electrons. The number of aromatic nitrogens is 2. The molecule has 1 atom stereocenters. The highest BCUT2D eigenvalue weighted by Gasteiger charge is 2.26. The van der Waals surface area contributed by atoms with Crippen molar-refractivity contribution in [3.05, 3.63) is 53.9 Å². The smallest absolute Gasteiger partial charge is 0.224 e. The largest absolute Gasteiger partial charge is 0.493 e. The van der Waals surface area contributed by atoms with Gasteiger partial charge in [0, 0.05) is 30.6 Å². The molecule has 1 saturated heterocycles. The average Bonchev–Trinajstić information content (AvgIpc) is 3.25. The van der Waals surface area contributed by atoms with Gasteiger partial charge in [-0.25, -0.2) is 9.97 Å². The summed E-state index contributed by atoms with van der Waals surface area (Å²) >= 11 is 0. The maximum absolute atomic E-state index is 12.6. The maximum Gasteiger partial charge on any atom is 0.224 e. The van der Waals surface area contributed by atoms with Crippen molar-refractivity contribution in [3.63, 3.8) is 0 Å². The average molecular weight is 435 g/mol. The first-order valence-electron chi connectivity index (χ1n) is 11.0. The van der Waals surface area contributed by atoms with Gasteiger partial charge < -0.3 is 19.7 Å². The lowest BCUT2D eigenvalue weighted by atomic mass is 10.0. The zero-order chi connectivity index (χ0) is 22.7. The Balaban J connectivity index is 1.43. The molecule has 32 heavy (non-hydrogen) atoms. The Morgan fingerprint density at radius 2 is 1.84 bits per heavy atom. The Labute approximate surface area is 188 Å². The van der Waals surface area contributed by atoms with Crippen LogP contribution in [0.25, 0.3) is 10.9 Å². The van der Waals surface area contributed by atoms with Crippen molar-refractivity contribution in [1.82, 2.24) is 15.3 Å². The van der Waals surface area contributed by atoms with Gasteiger partial charge in [-0.2, -0.15) is 0 Å². The standard InChI is InChI=1S/C25H30N4O3/c1-16(2)18-7-5-17(6-8-18)11-24(30)28-19-9-10-29(14-19)25-20-12-22(31-3)23(32-4)13-21(20)26-15-27-25/h5-8,12-13,15-16,19H,9-11,14H2,1-4H3,(H,28,30). The molecule has 1 fully saturated rings. The van der Waals surface area contributed by atoms with Crippen molar-refractivity contribution in [1.29, 1.82) is 0 Å². The number of methoxy groups -OCH3 is 2. The summed E-state index contributed by atoms with van der Waals surface area (Å²) in [6.45, 7) is 5.86. The predicted octanol–water partition coefficient (Wildman–Crippen LogP) is 3.71. The number of carbonyl (C=O) groups is 1. The van der Waals surface area contributed by atoms with E-state index in [4.69, 9.17) is 9.47 Å². The third kappa shape index (κ3) is 4.61. The van der Waals surface area contributed by atoms with Gasteiger partial charge in [0.15, 0.2) is 11.5 Å². The quantitative estimate of drug-likeness (QED) is 0.611. The Morgan fingerprint density at radius 3 is 2.53 bits per heavy atom. The van der Waals surface area contributed by atoms with E-state index in [9.17, 15) is 4.79 Å². The molecule has 3 aromatic rings. The number of anilines is 1. The van der Waals surface area contributed by atoms with E-state index in [1.807, 2.05) is 24.3 Å². The van der Waals surface area contributed by atoms with E-state index in [0.717, 1.165) is 35.2 Å². The molecule has 0 spiro atoms. The number of hydrogen-bond acceptors (Lipinski definition) is 6. The first kappa shape index (κ1) is 21.9. The molecule has 0 bridgehead atoms. The molecule has 7 heteroatoms. The van der Waals surface area contributed by atoms with E-state index in [0.29, 0.717) is 30.4 Å². The molecule has 1 aliphatic heterocycles. The number of ether oxygens (including phenoxy) is 2. The van der Waals surface area contributed by atoms with Crippen LogP contribution >= 0.6 is 0 Å². The van der Waals surface area contributed by atoms with E-state index >= 15 is 0 Å². The zero-order valence-corrected chi connectivity index (χ0v) is 19.1.